The van der Waals surface area contributed by atoms with E-state index in [1.54, 1.807) is 6.20 Å². The van der Waals surface area contributed by atoms with Crippen LogP contribution in [0.1, 0.15) is 21.9 Å². The van der Waals surface area contributed by atoms with Crippen LogP contribution < -0.4 is 5.32 Å². The van der Waals surface area contributed by atoms with Crippen LogP contribution in [-0.2, 0) is 13.6 Å². The molecule has 6 nitrogen and oxygen atoms in total. The zero-order valence-electron chi connectivity index (χ0n) is 14.7. The maximum Gasteiger partial charge on any atom is 0.253 e. The fourth-order valence-electron chi connectivity index (χ4n) is 2.98. The molecule has 26 heavy (non-hydrogen) atoms. The van der Waals surface area contributed by atoms with Crippen molar-refractivity contribution in [3.8, 4) is 11.4 Å². The molecule has 0 spiro atoms. The summed E-state index contributed by atoms with van der Waals surface area (Å²) in [5.74, 6) is 0.797. The summed E-state index contributed by atoms with van der Waals surface area (Å²) in [4.78, 5) is 21.6. The highest BCUT2D eigenvalue weighted by Crippen LogP contribution is 2.25. The van der Waals surface area contributed by atoms with E-state index in [1.807, 2.05) is 77.8 Å². The third-order valence-electron chi connectivity index (χ3n) is 4.45. The molecule has 1 N–H and O–H groups in total. The highest BCUT2D eigenvalue weighted by Gasteiger charge is 2.17. The number of carbonyl (C=O) groups excluding carboxylic acids is 1. The number of rotatable bonds is 4. The number of hydrogen-bond acceptors (Lipinski definition) is 3. The molecule has 4 heterocycles. The van der Waals surface area contributed by atoms with Crippen molar-refractivity contribution in [1.82, 2.24) is 24.3 Å². The van der Waals surface area contributed by atoms with Crippen LogP contribution >= 0.6 is 0 Å². The zero-order valence-corrected chi connectivity index (χ0v) is 14.7. The minimum Gasteiger partial charge on any atom is -0.346 e. The van der Waals surface area contributed by atoms with Crippen LogP contribution in [0.15, 0.2) is 61.1 Å². The summed E-state index contributed by atoms with van der Waals surface area (Å²) in [6.45, 7) is 2.35. The van der Waals surface area contributed by atoms with Gasteiger partial charge in [0.2, 0.25) is 0 Å². The smallest absolute Gasteiger partial charge is 0.253 e. The molecule has 130 valence electrons. The Balaban J connectivity index is 1.70. The molecule has 0 aromatic carbocycles. The van der Waals surface area contributed by atoms with Crippen LogP contribution in [0.3, 0.4) is 0 Å². The van der Waals surface area contributed by atoms with E-state index in [4.69, 9.17) is 0 Å². The van der Waals surface area contributed by atoms with Gasteiger partial charge >= 0.3 is 0 Å². The second kappa shape index (κ2) is 6.48. The molecule has 0 saturated carbocycles. The molecule has 1 amide bonds. The Labute approximate surface area is 151 Å². The van der Waals surface area contributed by atoms with Gasteiger partial charge in [-0.15, -0.1) is 0 Å². The lowest BCUT2D eigenvalue weighted by atomic mass is 10.2. The molecule has 0 unspecified atom stereocenters. The van der Waals surface area contributed by atoms with Crippen LogP contribution in [0.25, 0.3) is 16.9 Å². The van der Waals surface area contributed by atoms with Gasteiger partial charge in [0.05, 0.1) is 29.0 Å². The predicted octanol–water partition coefficient (Wildman–Crippen LogP) is 2.97. The number of nitrogens with zero attached hydrogens (tertiary/aromatic N) is 4. The Morgan fingerprint density at radius 2 is 2.04 bits per heavy atom. The molecule has 0 bridgehead atoms. The second-order valence-corrected chi connectivity index (χ2v) is 6.19. The van der Waals surface area contributed by atoms with Gasteiger partial charge in [-0.25, -0.2) is 4.98 Å². The summed E-state index contributed by atoms with van der Waals surface area (Å²) >= 11 is 0. The van der Waals surface area contributed by atoms with Crippen LogP contribution in [0.2, 0.25) is 0 Å². The van der Waals surface area contributed by atoms with E-state index in [0.717, 1.165) is 28.4 Å². The monoisotopic (exact) mass is 345 g/mol. The van der Waals surface area contributed by atoms with Crippen LogP contribution in [-0.4, -0.2) is 24.8 Å². The molecule has 0 atom stereocenters. The first-order valence-corrected chi connectivity index (χ1v) is 8.42. The number of aryl methyl sites for hydroxylation is 2. The molecule has 0 fully saturated rings. The fourth-order valence-corrected chi connectivity index (χ4v) is 2.98. The maximum atomic E-state index is 12.8. The molecule has 6 heteroatoms. The number of imidazole rings is 1. The van der Waals surface area contributed by atoms with Gasteiger partial charge in [-0.1, -0.05) is 12.1 Å². The van der Waals surface area contributed by atoms with E-state index >= 15 is 0 Å². The van der Waals surface area contributed by atoms with Crippen molar-refractivity contribution in [1.29, 1.82) is 0 Å². The summed E-state index contributed by atoms with van der Waals surface area (Å²) in [7, 11) is 1.96. The van der Waals surface area contributed by atoms with Crippen molar-refractivity contribution in [2.24, 2.45) is 7.05 Å². The standard InChI is InChI=1S/C20H19N5O/c1-14-23-17(13-24(14)2)19-11-16(18-8-4-6-10-25(18)19)20(26)22-12-15-7-3-5-9-21-15/h3-11,13H,12H2,1-2H3,(H,22,26). The summed E-state index contributed by atoms with van der Waals surface area (Å²) in [6.07, 6.45) is 5.64. The van der Waals surface area contributed by atoms with E-state index in [9.17, 15) is 4.79 Å². The highest BCUT2D eigenvalue weighted by molar-refractivity contribution is 6.02. The van der Waals surface area contributed by atoms with Gasteiger partial charge in [0.1, 0.15) is 11.5 Å². The lowest BCUT2D eigenvalue weighted by Gasteiger charge is -2.04. The van der Waals surface area contributed by atoms with Gasteiger partial charge in [0.15, 0.2) is 0 Å². The SMILES string of the molecule is Cc1nc(-c2cc(C(=O)NCc3ccccn3)c3ccccn23)cn1C. The molecule has 4 aromatic heterocycles. The normalized spacial score (nSPS) is 11.0. The Morgan fingerprint density at radius 1 is 1.19 bits per heavy atom. The number of pyridine rings is 2. The van der Waals surface area contributed by atoms with E-state index in [2.05, 4.69) is 15.3 Å². The lowest BCUT2D eigenvalue weighted by Crippen LogP contribution is -2.23. The van der Waals surface area contributed by atoms with Crippen molar-refractivity contribution >= 4 is 11.4 Å². The van der Waals surface area contributed by atoms with E-state index in [1.165, 1.54) is 0 Å². The second-order valence-electron chi connectivity index (χ2n) is 6.19. The predicted molar refractivity (Wildman–Crippen MR) is 99.7 cm³/mol. The summed E-state index contributed by atoms with van der Waals surface area (Å²) in [5.41, 5.74) is 4.04. The Bertz CT molecular complexity index is 1060. The molecular formula is C20H19N5O. The molecule has 0 aliphatic heterocycles. The van der Waals surface area contributed by atoms with Crippen LogP contribution in [0.4, 0.5) is 0 Å². The average molecular weight is 345 g/mol. The average Bonchev–Trinajstić information content (AvgIpc) is 3.21. The van der Waals surface area contributed by atoms with Gasteiger partial charge in [0, 0.05) is 25.6 Å². The van der Waals surface area contributed by atoms with E-state index in [-0.39, 0.29) is 5.91 Å². The van der Waals surface area contributed by atoms with E-state index in [0.29, 0.717) is 12.1 Å². The van der Waals surface area contributed by atoms with Crippen molar-refractivity contribution in [3.63, 3.8) is 0 Å². The first-order valence-electron chi connectivity index (χ1n) is 8.42. The largest absolute Gasteiger partial charge is 0.346 e. The van der Waals surface area contributed by atoms with Crippen molar-refractivity contribution in [2.45, 2.75) is 13.5 Å². The Kier molecular flexibility index (Phi) is 4.01. The van der Waals surface area contributed by atoms with Gasteiger partial charge in [-0.3, -0.25) is 9.78 Å². The first kappa shape index (κ1) is 16.1. The fraction of sp³-hybridized carbons (Fsp3) is 0.150. The minimum atomic E-state index is -0.127. The van der Waals surface area contributed by atoms with Crippen molar-refractivity contribution in [2.75, 3.05) is 0 Å². The molecule has 0 saturated heterocycles. The van der Waals surface area contributed by atoms with Gasteiger partial charge in [-0.2, -0.15) is 0 Å². The van der Waals surface area contributed by atoms with Crippen LogP contribution in [0.5, 0.6) is 0 Å². The van der Waals surface area contributed by atoms with Crippen LogP contribution in [0, 0.1) is 6.92 Å². The Morgan fingerprint density at radius 3 is 2.77 bits per heavy atom. The minimum absolute atomic E-state index is 0.127. The number of nitrogens with one attached hydrogen (secondary N) is 1. The lowest BCUT2D eigenvalue weighted by molar-refractivity contribution is 0.0952. The quantitative estimate of drug-likeness (QED) is 0.618. The molecule has 4 aromatic rings. The first-order chi connectivity index (χ1) is 12.6. The third kappa shape index (κ3) is 2.86. The number of amides is 1. The molecule has 0 aliphatic rings. The van der Waals surface area contributed by atoms with Crippen molar-refractivity contribution < 1.29 is 4.79 Å². The maximum absolute atomic E-state index is 12.8. The topological polar surface area (TPSA) is 64.2 Å². The number of hydrogen-bond donors (Lipinski definition) is 1. The summed E-state index contributed by atoms with van der Waals surface area (Å²) in [5, 5.41) is 2.95. The zero-order chi connectivity index (χ0) is 18.1. The Hall–Kier alpha value is -3.41. The molecule has 0 aliphatic carbocycles. The van der Waals surface area contributed by atoms with E-state index < -0.39 is 0 Å². The van der Waals surface area contributed by atoms with Gasteiger partial charge < -0.3 is 14.3 Å². The van der Waals surface area contributed by atoms with Gasteiger partial charge in [-0.05, 0) is 37.3 Å². The number of carbonyl (C=O) groups is 1. The third-order valence-corrected chi connectivity index (χ3v) is 4.45. The summed E-state index contributed by atoms with van der Waals surface area (Å²) < 4.78 is 3.97. The molecule has 4 rings (SSSR count). The number of aromatic nitrogens is 4. The van der Waals surface area contributed by atoms with Gasteiger partial charge in [0.25, 0.3) is 5.91 Å². The summed E-state index contributed by atoms with van der Waals surface area (Å²) in [6, 6.07) is 13.4. The molecule has 0 radical (unpaired) electrons. The number of fused-ring (bicyclic) bond motifs is 1. The molecular weight excluding hydrogens is 326 g/mol. The van der Waals surface area contributed by atoms with Crippen molar-refractivity contribution in [3.05, 3.63) is 78.1 Å². The highest BCUT2D eigenvalue weighted by atomic mass is 16.1.